The molecule has 12 aromatic rings. The highest BCUT2D eigenvalue weighted by Crippen LogP contribution is 2.44. The lowest BCUT2D eigenvalue weighted by Crippen LogP contribution is -2.00. The fourth-order valence-corrected chi connectivity index (χ4v) is 9.16. The van der Waals surface area contributed by atoms with Gasteiger partial charge in [0.15, 0.2) is 17.5 Å². The first kappa shape index (κ1) is 33.8. The van der Waals surface area contributed by atoms with Crippen molar-refractivity contribution in [1.82, 2.24) is 15.0 Å². The van der Waals surface area contributed by atoms with Gasteiger partial charge in [0, 0.05) is 16.7 Å². The van der Waals surface area contributed by atoms with Crippen LogP contribution in [0.25, 0.3) is 121 Å². The van der Waals surface area contributed by atoms with E-state index in [0.717, 1.165) is 27.8 Å². The molecule has 0 aliphatic heterocycles. The van der Waals surface area contributed by atoms with Crippen molar-refractivity contribution in [3.8, 4) is 62.5 Å². The standard InChI is InChI=1S/C56H32N4/c57-33-34-15-17-42(18-16-34)55-58-54(41-7-2-1-3-8-41)59-56(60-55)43-28-23-36(24-29-43)35-19-21-37(22-20-35)45-31-44-30-27-40-10-5-13-47-46-12-4-9-38-25-26-39-11-6-14-48(52(39)50(38)46)49(32-45)53(44)51(40)47/h1-32H. The lowest BCUT2D eigenvalue weighted by molar-refractivity contribution is 1.07. The van der Waals surface area contributed by atoms with Gasteiger partial charge in [-0.1, -0.05) is 158 Å². The maximum absolute atomic E-state index is 9.33. The molecule has 60 heavy (non-hydrogen) atoms. The van der Waals surface area contributed by atoms with Gasteiger partial charge in [0.1, 0.15) is 0 Å². The van der Waals surface area contributed by atoms with Gasteiger partial charge in [0.2, 0.25) is 0 Å². The molecule has 0 saturated heterocycles. The van der Waals surface area contributed by atoms with Crippen LogP contribution in [0.5, 0.6) is 0 Å². The Labute approximate surface area is 345 Å². The van der Waals surface area contributed by atoms with E-state index in [-0.39, 0.29) is 0 Å². The molecular weight excluding hydrogens is 729 g/mol. The molecule has 0 unspecified atom stereocenters. The van der Waals surface area contributed by atoms with Gasteiger partial charge in [-0.25, -0.2) is 15.0 Å². The van der Waals surface area contributed by atoms with Crippen LogP contribution in [0.3, 0.4) is 0 Å². The number of rotatable bonds is 5. The van der Waals surface area contributed by atoms with Gasteiger partial charge in [-0.3, -0.25) is 0 Å². The average molecular weight is 761 g/mol. The van der Waals surface area contributed by atoms with Gasteiger partial charge < -0.3 is 0 Å². The van der Waals surface area contributed by atoms with E-state index >= 15 is 0 Å². The number of nitrogens with zero attached hydrogens (tertiary/aromatic N) is 4. The summed E-state index contributed by atoms with van der Waals surface area (Å²) < 4.78 is 0. The molecule has 0 N–H and O–H groups in total. The van der Waals surface area contributed by atoms with Crippen LogP contribution >= 0.6 is 0 Å². The lowest BCUT2D eigenvalue weighted by atomic mass is 9.86. The highest BCUT2D eigenvalue weighted by molar-refractivity contribution is 6.37. The number of nitriles is 1. The number of aromatic nitrogens is 3. The summed E-state index contributed by atoms with van der Waals surface area (Å²) in [7, 11) is 0. The molecule has 0 amide bonds. The summed E-state index contributed by atoms with van der Waals surface area (Å²) in [6.45, 7) is 0. The summed E-state index contributed by atoms with van der Waals surface area (Å²) in [6.07, 6.45) is 0. The maximum Gasteiger partial charge on any atom is 0.164 e. The molecule has 0 aliphatic carbocycles. The number of hydrogen-bond donors (Lipinski definition) is 0. The Hall–Kier alpha value is -8.26. The van der Waals surface area contributed by atoms with Crippen LogP contribution in [0.2, 0.25) is 0 Å². The molecule has 0 bridgehead atoms. The van der Waals surface area contributed by atoms with Crippen molar-refractivity contribution in [2.75, 3.05) is 0 Å². The first-order chi connectivity index (χ1) is 29.7. The van der Waals surface area contributed by atoms with E-state index in [9.17, 15) is 5.26 Å². The van der Waals surface area contributed by atoms with Crippen LogP contribution in [-0.4, -0.2) is 15.0 Å². The van der Waals surface area contributed by atoms with Crippen molar-refractivity contribution in [2.24, 2.45) is 0 Å². The van der Waals surface area contributed by atoms with Gasteiger partial charge >= 0.3 is 0 Å². The van der Waals surface area contributed by atoms with Gasteiger partial charge in [-0.05, 0) is 123 Å². The predicted octanol–water partition coefficient (Wildman–Crippen LogP) is 14.4. The van der Waals surface area contributed by atoms with Crippen molar-refractivity contribution in [3.63, 3.8) is 0 Å². The number of hydrogen-bond acceptors (Lipinski definition) is 4. The molecule has 0 saturated carbocycles. The van der Waals surface area contributed by atoms with Gasteiger partial charge in [-0.2, -0.15) is 5.26 Å². The molecule has 0 atom stereocenters. The Morgan fingerprint density at radius 1 is 0.283 bits per heavy atom. The summed E-state index contributed by atoms with van der Waals surface area (Å²) in [5, 5.41) is 24.7. The molecule has 276 valence electrons. The molecule has 0 fully saturated rings. The largest absolute Gasteiger partial charge is 0.208 e. The second-order valence-corrected chi connectivity index (χ2v) is 15.5. The third-order valence-electron chi connectivity index (χ3n) is 12.1. The normalized spacial score (nSPS) is 11.7. The summed E-state index contributed by atoms with van der Waals surface area (Å²) in [6, 6.07) is 70.9. The fraction of sp³-hybridized carbons (Fsp3) is 0. The van der Waals surface area contributed by atoms with Crippen LogP contribution in [0.1, 0.15) is 5.56 Å². The van der Waals surface area contributed by atoms with Crippen LogP contribution in [0.4, 0.5) is 0 Å². The van der Waals surface area contributed by atoms with Crippen LogP contribution in [0, 0.1) is 11.3 Å². The highest BCUT2D eigenvalue weighted by Gasteiger charge is 2.17. The SMILES string of the molecule is N#Cc1ccc(-c2nc(-c3ccccc3)nc(-c3ccc(-c4ccc(-c5cc6ccc7cccc8c9cccc%10ccc%11cccc(c(c5)c6c78)c%11c%109)cc4)cc3)n2)cc1. The Morgan fingerprint density at radius 3 is 1.15 bits per heavy atom. The van der Waals surface area contributed by atoms with Crippen molar-refractivity contribution in [1.29, 1.82) is 5.26 Å². The first-order valence-electron chi connectivity index (χ1n) is 20.1. The van der Waals surface area contributed by atoms with E-state index < -0.39 is 0 Å². The molecule has 0 aliphatic rings. The zero-order chi connectivity index (χ0) is 39.7. The van der Waals surface area contributed by atoms with Crippen molar-refractivity contribution >= 4 is 64.6 Å². The highest BCUT2D eigenvalue weighted by atomic mass is 15.0. The molecule has 4 nitrogen and oxygen atoms in total. The Morgan fingerprint density at radius 2 is 0.667 bits per heavy atom. The minimum Gasteiger partial charge on any atom is -0.208 e. The third-order valence-corrected chi connectivity index (χ3v) is 12.1. The smallest absolute Gasteiger partial charge is 0.164 e. The minimum atomic E-state index is 0.559. The zero-order valence-electron chi connectivity index (χ0n) is 32.3. The van der Waals surface area contributed by atoms with E-state index in [1.165, 1.54) is 75.8 Å². The molecule has 11 aromatic carbocycles. The third kappa shape index (κ3) is 5.41. The molecule has 0 spiro atoms. The monoisotopic (exact) mass is 760 g/mol. The molecule has 4 heteroatoms. The van der Waals surface area contributed by atoms with Gasteiger partial charge in [0.05, 0.1) is 11.6 Å². The Balaban J connectivity index is 0.954. The topological polar surface area (TPSA) is 62.5 Å². The van der Waals surface area contributed by atoms with E-state index in [1.807, 2.05) is 42.5 Å². The zero-order valence-corrected chi connectivity index (χ0v) is 32.3. The van der Waals surface area contributed by atoms with Crippen LogP contribution in [0.15, 0.2) is 194 Å². The van der Waals surface area contributed by atoms with E-state index in [1.54, 1.807) is 12.1 Å². The number of fused-ring (bicyclic) bond motifs is 2. The van der Waals surface area contributed by atoms with E-state index in [4.69, 9.17) is 15.0 Å². The molecular formula is C56H32N4. The second-order valence-electron chi connectivity index (χ2n) is 15.5. The molecule has 1 aromatic heterocycles. The summed E-state index contributed by atoms with van der Waals surface area (Å²) in [5.41, 5.74) is 7.81. The van der Waals surface area contributed by atoms with Crippen molar-refractivity contribution < 1.29 is 0 Å². The maximum atomic E-state index is 9.33. The van der Waals surface area contributed by atoms with Gasteiger partial charge in [-0.15, -0.1) is 0 Å². The van der Waals surface area contributed by atoms with E-state index in [0.29, 0.717) is 23.0 Å². The average Bonchev–Trinajstić information content (AvgIpc) is 3.32. The van der Waals surface area contributed by atoms with Crippen LogP contribution < -0.4 is 0 Å². The molecule has 12 rings (SSSR count). The Kier molecular flexibility index (Phi) is 7.57. The van der Waals surface area contributed by atoms with Crippen LogP contribution in [-0.2, 0) is 0 Å². The summed E-state index contributed by atoms with van der Waals surface area (Å²) >= 11 is 0. The van der Waals surface area contributed by atoms with E-state index in [2.05, 4.69) is 146 Å². The first-order valence-corrected chi connectivity index (χ1v) is 20.1. The molecule has 1 heterocycles. The summed E-state index contributed by atoms with van der Waals surface area (Å²) in [5.74, 6) is 1.75. The lowest BCUT2D eigenvalue weighted by Gasteiger charge is -2.17. The minimum absolute atomic E-state index is 0.559. The predicted molar refractivity (Wildman–Crippen MR) is 248 cm³/mol. The van der Waals surface area contributed by atoms with Crippen molar-refractivity contribution in [3.05, 3.63) is 200 Å². The summed E-state index contributed by atoms with van der Waals surface area (Å²) in [4.78, 5) is 14.6. The quantitative estimate of drug-likeness (QED) is 0.164. The Bertz CT molecular complexity index is 3670. The molecule has 0 radical (unpaired) electrons. The number of benzene rings is 10. The fourth-order valence-electron chi connectivity index (χ4n) is 9.16. The van der Waals surface area contributed by atoms with Crippen molar-refractivity contribution in [2.45, 2.75) is 0 Å². The second kappa shape index (κ2) is 13.4. The van der Waals surface area contributed by atoms with Gasteiger partial charge in [0.25, 0.3) is 0 Å².